The topological polar surface area (TPSA) is 49.5 Å². The predicted octanol–water partition coefficient (Wildman–Crippen LogP) is 0.754. The van der Waals surface area contributed by atoms with Crippen LogP contribution >= 0.6 is 0 Å². The van der Waals surface area contributed by atoms with Crippen LogP contribution in [0.25, 0.3) is 0 Å². The van der Waals surface area contributed by atoms with Crippen molar-refractivity contribution in [2.45, 2.75) is 19.6 Å². The molecule has 1 aliphatic heterocycles. The van der Waals surface area contributed by atoms with Gasteiger partial charge < -0.3 is 10.8 Å². The standard InChI is InChI=1S/C11H16N2O/c1-8-2-3-10(12)4-9(8)5-13-6-11(14)7-13/h2-4,11,14H,5-7,12H2,1H3. The minimum Gasteiger partial charge on any atom is -0.399 e. The fraction of sp³-hybridized carbons (Fsp3) is 0.455. The fourth-order valence-corrected chi connectivity index (χ4v) is 1.77. The molecule has 0 radical (unpaired) electrons. The Labute approximate surface area is 84.1 Å². The van der Waals surface area contributed by atoms with Crippen molar-refractivity contribution < 1.29 is 5.11 Å². The lowest BCUT2D eigenvalue weighted by Crippen LogP contribution is -2.49. The van der Waals surface area contributed by atoms with Gasteiger partial charge in [0.05, 0.1) is 6.10 Å². The molecular formula is C11H16N2O. The Hall–Kier alpha value is -1.06. The van der Waals surface area contributed by atoms with E-state index in [0.29, 0.717) is 0 Å². The summed E-state index contributed by atoms with van der Waals surface area (Å²) in [5.74, 6) is 0. The van der Waals surface area contributed by atoms with Crippen molar-refractivity contribution in [1.82, 2.24) is 4.90 Å². The molecule has 0 unspecified atom stereocenters. The summed E-state index contributed by atoms with van der Waals surface area (Å²) in [5.41, 5.74) is 9.06. The largest absolute Gasteiger partial charge is 0.399 e. The second-order valence-corrected chi connectivity index (χ2v) is 4.03. The van der Waals surface area contributed by atoms with Gasteiger partial charge in [-0.2, -0.15) is 0 Å². The first kappa shape index (κ1) is 9.49. The van der Waals surface area contributed by atoms with Gasteiger partial charge in [0.1, 0.15) is 0 Å². The lowest BCUT2D eigenvalue weighted by molar-refractivity contribution is -0.00295. The third kappa shape index (κ3) is 1.89. The molecule has 0 bridgehead atoms. The molecule has 3 N–H and O–H groups in total. The van der Waals surface area contributed by atoms with E-state index < -0.39 is 0 Å². The van der Waals surface area contributed by atoms with Gasteiger partial charge in [0.15, 0.2) is 0 Å². The van der Waals surface area contributed by atoms with Gasteiger partial charge in [-0.3, -0.25) is 4.90 Å². The molecule has 0 aromatic heterocycles. The van der Waals surface area contributed by atoms with E-state index in [1.807, 2.05) is 18.2 Å². The number of nitrogens with two attached hydrogens (primary N) is 1. The van der Waals surface area contributed by atoms with E-state index in [9.17, 15) is 0 Å². The molecule has 3 nitrogen and oxygen atoms in total. The highest BCUT2D eigenvalue weighted by molar-refractivity contribution is 5.44. The first-order chi connectivity index (χ1) is 6.65. The SMILES string of the molecule is Cc1ccc(N)cc1CN1CC(O)C1. The second kappa shape index (κ2) is 3.59. The van der Waals surface area contributed by atoms with Gasteiger partial charge in [0.2, 0.25) is 0 Å². The number of rotatable bonds is 2. The minimum atomic E-state index is -0.128. The number of nitrogens with zero attached hydrogens (tertiary/aromatic N) is 1. The Kier molecular flexibility index (Phi) is 2.44. The summed E-state index contributed by atoms with van der Waals surface area (Å²) >= 11 is 0. The molecule has 0 amide bonds. The summed E-state index contributed by atoms with van der Waals surface area (Å²) < 4.78 is 0. The Bertz CT molecular complexity index is 332. The highest BCUT2D eigenvalue weighted by Crippen LogP contribution is 2.18. The van der Waals surface area contributed by atoms with Crippen molar-refractivity contribution in [3.05, 3.63) is 29.3 Å². The van der Waals surface area contributed by atoms with Crippen LogP contribution in [0.1, 0.15) is 11.1 Å². The Balaban J connectivity index is 2.05. The quantitative estimate of drug-likeness (QED) is 0.680. The molecule has 0 spiro atoms. The molecule has 1 saturated heterocycles. The zero-order valence-corrected chi connectivity index (χ0v) is 8.40. The Morgan fingerprint density at radius 3 is 2.86 bits per heavy atom. The third-order valence-electron chi connectivity index (χ3n) is 2.71. The van der Waals surface area contributed by atoms with E-state index >= 15 is 0 Å². The number of likely N-dealkylation sites (tertiary alicyclic amines) is 1. The molecule has 1 aromatic rings. The van der Waals surface area contributed by atoms with Crippen LogP contribution in [0.15, 0.2) is 18.2 Å². The van der Waals surface area contributed by atoms with E-state index in [4.69, 9.17) is 10.8 Å². The minimum absolute atomic E-state index is 0.128. The first-order valence-corrected chi connectivity index (χ1v) is 4.90. The van der Waals surface area contributed by atoms with E-state index in [-0.39, 0.29) is 6.10 Å². The average Bonchev–Trinajstić information content (AvgIpc) is 2.09. The van der Waals surface area contributed by atoms with Crippen LogP contribution in [0.3, 0.4) is 0 Å². The van der Waals surface area contributed by atoms with Crippen LogP contribution in [-0.4, -0.2) is 29.2 Å². The number of nitrogen functional groups attached to an aromatic ring is 1. The maximum absolute atomic E-state index is 9.15. The Morgan fingerprint density at radius 1 is 1.50 bits per heavy atom. The monoisotopic (exact) mass is 192 g/mol. The van der Waals surface area contributed by atoms with Crippen molar-refractivity contribution in [3.8, 4) is 0 Å². The smallest absolute Gasteiger partial charge is 0.0794 e. The van der Waals surface area contributed by atoms with Crippen molar-refractivity contribution in [1.29, 1.82) is 0 Å². The molecular weight excluding hydrogens is 176 g/mol. The zero-order valence-electron chi connectivity index (χ0n) is 8.40. The normalized spacial score (nSPS) is 18.1. The number of hydrogen-bond acceptors (Lipinski definition) is 3. The lowest BCUT2D eigenvalue weighted by Gasteiger charge is -2.36. The summed E-state index contributed by atoms with van der Waals surface area (Å²) in [6.45, 7) is 4.56. The number of anilines is 1. The maximum atomic E-state index is 9.15. The molecule has 1 aromatic carbocycles. The molecule has 3 heteroatoms. The molecule has 76 valence electrons. The zero-order chi connectivity index (χ0) is 10.1. The van der Waals surface area contributed by atoms with E-state index in [2.05, 4.69) is 11.8 Å². The summed E-state index contributed by atoms with van der Waals surface area (Å²) in [6, 6.07) is 5.98. The van der Waals surface area contributed by atoms with Crippen LogP contribution in [0.2, 0.25) is 0 Å². The fourth-order valence-electron chi connectivity index (χ4n) is 1.77. The first-order valence-electron chi connectivity index (χ1n) is 4.90. The van der Waals surface area contributed by atoms with Crippen LogP contribution in [0.4, 0.5) is 5.69 Å². The number of benzene rings is 1. The van der Waals surface area contributed by atoms with Gasteiger partial charge in [0, 0.05) is 25.3 Å². The summed E-state index contributed by atoms with van der Waals surface area (Å²) in [6.07, 6.45) is -0.128. The molecule has 2 rings (SSSR count). The number of aliphatic hydroxyl groups excluding tert-OH is 1. The molecule has 0 atom stereocenters. The van der Waals surface area contributed by atoms with E-state index in [1.165, 1.54) is 11.1 Å². The van der Waals surface area contributed by atoms with Crippen LogP contribution in [0.5, 0.6) is 0 Å². The summed E-state index contributed by atoms with van der Waals surface area (Å²) in [5, 5.41) is 9.15. The molecule has 1 heterocycles. The van der Waals surface area contributed by atoms with Crippen molar-refractivity contribution >= 4 is 5.69 Å². The second-order valence-electron chi connectivity index (χ2n) is 4.03. The third-order valence-corrected chi connectivity index (χ3v) is 2.71. The van der Waals surface area contributed by atoms with Crippen LogP contribution in [0, 0.1) is 6.92 Å². The molecule has 0 saturated carbocycles. The summed E-state index contributed by atoms with van der Waals surface area (Å²) in [7, 11) is 0. The van der Waals surface area contributed by atoms with Gasteiger partial charge in [-0.25, -0.2) is 0 Å². The van der Waals surface area contributed by atoms with Gasteiger partial charge in [-0.1, -0.05) is 6.07 Å². The van der Waals surface area contributed by atoms with Gasteiger partial charge >= 0.3 is 0 Å². The van der Waals surface area contributed by atoms with Crippen LogP contribution < -0.4 is 5.73 Å². The number of β-amino-alcohol motifs (C(OH)–C–C–N with tert-alkyl or cyclic N) is 1. The molecule has 1 fully saturated rings. The molecule has 1 aliphatic rings. The number of aryl methyl sites for hydroxylation is 1. The highest BCUT2D eigenvalue weighted by atomic mass is 16.3. The van der Waals surface area contributed by atoms with Crippen molar-refractivity contribution in [2.24, 2.45) is 0 Å². The lowest BCUT2D eigenvalue weighted by atomic mass is 10.0. The predicted molar refractivity (Wildman–Crippen MR) is 56.9 cm³/mol. The van der Waals surface area contributed by atoms with Crippen LogP contribution in [-0.2, 0) is 6.54 Å². The summed E-state index contributed by atoms with van der Waals surface area (Å²) in [4.78, 5) is 2.21. The average molecular weight is 192 g/mol. The van der Waals surface area contributed by atoms with E-state index in [0.717, 1.165) is 25.3 Å². The van der Waals surface area contributed by atoms with Gasteiger partial charge in [-0.15, -0.1) is 0 Å². The molecule has 0 aliphatic carbocycles. The van der Waals surface area contributed by atoms with Gasteiger partial charge in [0.25, 0.3) is 0 Å². The van der Waals surface area contributed by atoms with Crippen molar-refractivity contribution in [2.75, 3.05) is 18.8 Å². The number of hydrogen-bond donors (Lipinski definition) is 2. The Morgan fingerprint density at radius 2 is 2.21 bits per heavy atom. The molecule has 14 heavy (non-hydrogen) atoms. The van der Waals surface area contributed by atoms with Gasteiger partial charge in [-0.05, 0) is 30.2 Å². The maximum Gasteiger partial charge on any atom is 0.0794 e. The van der Waals surface area contributed by atoms with E-state index in [1.54, 1.807) is 0 Å². The van der Waals surface area contributed by atoms with Crippen molar-refractivity contribution in [3.63, 3.8) is 0 Å². The highest BCUT2D eigenvalue weighted by Gasteiger charge is 2.24. The number of aliphatic hydroxyl groups is 1.